The molecule has 0 unspecified atom stereocenters. The minimum atomic E-state index is -0.226. The molecule has 1 heterocycles. The zero-order chi connectivity index (χ0) is 7.73. The lowest BCUT2D eigenvalue weighted by molar-refractivity contribution is -0.135. The number of hydrogen-bond acceptors (Lipinski definition) is 3. The minimum Gasteiger partial charge on any atom is -0.456 e. The molecule has 11 heavy (non-hydrogen) atoms. The molecule has 0 aromatic carbocycles. The van der Waals surface area contributed by atoms with E-state index in [1.54, 1.807) is 11.3 Å². The number of ether oxygens (including phenoxy) is 1. The first-order valence-corrected chi connectivity index (χ1v) is 4.41. The molecule has 1 aliphatic rings. The van der Waals surface area contributed by atoms with Gasteiger partial charge in [-0.2, -0.15) is 0 Å². The van der Waals surface area contributed by atoms with E-state index in [1.807, 2.05) is 17.5 Å². The van der Waals surface area contributed by atoms with Gasteiger partial charge in [-0.05, 0) is 24.3 Å². The van der Waals surface area contributed by atoms with Crippen LogP contribution in [-0.2, 0) is 15.1 Å². The van der Waals surface area contributed by atoms with Crippen LogP contribution in [0.2, 0.25) is 0 Å². The van der Waals surface area contributed by atoms with Crippen molar-refractivity contribution in [2.24, 2.45) is 0 Å². The normalized spacial score (nSPS) is 19.3. The molecule has 0 bridgehead atoms. The van der Waals surface area contributed by atoms with E-state index < -0.39 is 0 Å². The number of carbonyl (C=O) groups excluding carboxylic acids is 1. The van der Waals surface area contributed by atoms with Gasteiger partial charge < -0.3 is 4.74 Å². The predicted molar refractivity (Wildman–Crippen MR) is 42.4 cm³/mol. The van der Waals surface area contributed by atoms with Crippen molar-refractivity contribution in [2.45, 2.75) is 18.4 Å². The summed E-state index contributed by atoms with van der Waals surface area (Å²) in [5.74, 6) is 0. The van der Waals surface area contributed by atoms with E-state index in [1.165, 1.54) is 4.88 Å². The van der Waals surface area contributed by atoms with E-state index in [9.17, 15) is 4.79 Å². The van der Waals surface area contributed by atoms with Crippen molar-refractivity contribution in [3.63, 3.8) is 0 Å². The summed E-state index contributed by atoms with van der Waals surface area (Å²) in [6, 6.07) is 4.00. The average Bonchev–Trinajstić information content (AvgIpc) is 2.63. The standard InChI is InChI=1S/C8H8O2S/c9-6-10-8(3-4-8)7-2-1-5-11-7/h1-2,5-6H,3-4H2. The lowest BCUT2D eigenvalue weighted by Crippen LogP contribution is -2.07. The van der Waals surface area contributed by atoms with Crippen LogP contribution in [0.5, 0.6) is 0 Å². The van der Waals surface area contributed by atoms with Gasteiger partial charge in [0.2, 0.25) is 0 Å². The third kappa shape index (κ3) is 1.05. The van der Waals surface area contributed by atoms with E-state index in [2.05, 4.69) is 0 Å². The van der Waals surface area contributed by atoms with Crippen molar-refractivity contribution in [1.82, 2.24) is 0 Å². The van der Waals surface area contributed by atoms with Gasteiger partial charge in [0.1, 0.15) is 5.60 Å². The highest BCUT2D eigenvalue weighted by Gasteiger charge is 2.47. The molecular formula is C8H8O2S. The Labute approximate surface area is 68.8 Å². The Kier molecular flexibility index (Phi) is 1.46. The smallest absolute Gasteiger partial charge is 0.294 e. The maximum atomic E-state index is 10.1. The Bertz CT molecular complexity index is 249. The summed E-state index contributed by atoms with van der Waals surface area (Å²) in [6.45, 7) is 0.548. The van der Waals surface area contributed by atoms with Crippen LogP contribution < -0.4 is 0 Å². The highest BCUT2D eigenvalue weighted by molar-refractivity contribution is 7.10. The first kappa shape index (κ1) is 6.85. The maximum absolute atomic E-state index is 10.1. The number of rotatable bonds is 3. The summed E-state index contributed by atoms with van der Waals surface area (Å²) in [4.78, 5) is 11.3. The van der Waals surface area contributed by atoms with Crippen molar-refractivity contribution >= 4 is 17.8 Å². The molecule has 2 rings (SSSR count). The van der Waals surface area contributed by atoms with Crippen LogP contribution in [0.25, 0.3) is 0 Å². The molecule has 0 spiro atoms. The first-order valence-electron chi connectivity index (χ1n) is 3.53. The molecular weight excluding hydrogens is 160 g/mol. The molecule has 0 saturated heterocycles. The van der Waals surface area contributed by atoms with Gasteiger partial charge in [0.25, 0.3) is 6.47 Å². The molecule has 0 amide bonds. The van der Waals surface area contributed by atoms with E-state index in [0.717, 1.165) is 12.8 Å². The molecule has 1 aromatic heterocycles. The molecule has 0 atom stereocenters. The van der Waals surface area contributed by atoms with Gasteiger partial charge in [-0.25, -0.2) is 0 Å². The molecule has 1 saturated carbocycles. The molecule has 3 heteroatoms. The molecule has 1 aromatic rings. The first-order chi connectivity index (χ1) is 5.37. The largest absolute Gasteiger partial charge is 0.456 e. The number of carbonyl (C=O) groups is 1. The average molecular weight is 168 g/mol. The summed E-state index contributed by atoms with van der Waals surface area (Å²) in [5.41, 5.74) is -0.226. The van der Waals surface area contributed by atoms with Crippen molar-refractivity contribution in [1.29, 1.82) is 0 Å². The van der Waals surface area contributed by atoms with Crippen LogP contribution >= 0.6 is 11.3 Å². The lowest BCUT2D eigenvalue weighted by atomic mass is 10.3. The Morgan fingerprint density at radius 3 is 2.91 bits per heavy atom. The van der Waals surface area contributed by atoms with Crippen molar-refractivity contribution < 1.29 is 9.53 Å². The minimum absolute atomic E-state index is 0.226. The summed E-state index contributed by atoms with van der Waals surface area (Å²) in [6.07, 6.45) is 1.96. The zero-order valence-electron chi connectivity index (χ0n) is 5.95. The molecule has 0 aliphatic heterocycles. The van der Waals surface area contributed by atoms with Gasteiger partial charge >= 0.3 is 0 Å². The number of thiophene rings is 1. The fraction of sp³-hybridized carbons (Fsp3) is 0.375. The van der Waals surface area contributed by atoms with Crippen LogP contribution in [0.4, 0.5) is 0 Å². The van der Waals surface area contributed by atoms with Crippen molar-refractivity contribution in [3.05, 3.63) is 22.4 Å². The summed E-state index contributed by atoms with van der Waals surface area (Å²) >= 11 is 1.65. The van der Waals surface area contributed by atoms with E-state index in [4.69, 9.17) is 4.74 Å². The Morgan fingerprint density at radius 2 is 2.45 bits per heavy atom. The Hall–Kier alpha value is -0.830. The molecule has 1 fully saturated rings. The summed E-state index contributed by atoms with van der Waals surface area (Å²) in [5, 5.41) is 2.00. The third-order valence-corrected chi connectivity index (χ3v) is 3.00. The maximum Gasteiger partial charge on any atom is 0.294 e. The zero-order valence-corrected chi connectivity index (χ0v) is 6.76. The molecule has 2 nitrogen and oxygen atoms in total. The summed E-state index contributed by atoms with van der Waals surface area (Å²) in [7, 11) is 0. The van der Waals surface area contributed by atoms with E-state index >= 15 is 0 Å². The fourth-order valence-electron chi connectivity index (χ4n) is 1.17. The molecule has 0 N–H and O–H groups in total. The molecule has 0 radical (unpaired) electrons. The fourth-order valence-corrected chi connectivity index (χ4v) is 2.09. The van der Waals surface area contributed by atoms with Gasteiger partial charge in [-0.15, -0.1) is 11.3 Å². The number of hydrogen-bond donors (Lipinski definition) is 0. The lowest BCUT2D eigenvalue weighted by Gasteiger charge is -2.09. The Balaban J connectivity index is 2.21. The van der Waals surface area contributed by atoms with Crippen LogP contribution in [0.3, 0.4) is 0 Å². The second-order valence-electron chi connectivity index (χ2n) is 2.69. The van der Waals surface area contributed by atoms with E-state index in [0.29, 0.717) is 6.47 Å². The highest BCUT2D eigenvalue weighted by atomic mass is 32.1. The van der Waals surface area contributed by atoms with Crippen LogP contribution in [0.15, 0.2) is 17.5 Å². The topological polar surface area (TPSA) is 26.3 Å². The van der Waals surface area contributed by atoms with Crippen LogP contribution in [0.1, 0.15) is 17.7 Å². The predicted octanol–water partition coefficient (Wildman–Crippen LogP) is 1.91. The van der Waals surface area contributed by atoms with E-state index in [-0.39, 0.29) is 5.60 Å². The molecule has 1 aliphatic carbocycles. The van der Waals surface area contributed by atoms with Crippen molar-refractivity contribution in [3.8, 4) is 0 Å². The van der Waals surface area contributed by atoms with Gasteiger partial charge in [0, 0.05) is 4.88 Å². The van der Waals surface area contributed by atoms with Gasteiger partial charge in [0.05, 0.1) is 0 Å². The van der Waals surface area contributed by atoms with Gasteiger partial charge in [-0.1, -0.05) is 6.07 Å². The Morgan fingerprint density at radius 1 is 1.64 bits per heavy atom. The second-order valence-corrected chi connectivity index (χ2v) is 3.63. The van der Waals surface area contributed by atoms with Gasteiger partial charge in [0.15, 0.2) is 0 Å². The van der Waals surface area contributed by atoms with Crippen molar-refractivity contribution in [2.75, 3.05) is 0 Å². The SMILES string of the molecule is O=COC1(c2cccs2)CC1. The van der Waals surface area contributed by atoms with Crippen LogP contribution in [0, 0.1) is 0 Å². The second kappa shape index (κ2) is 2.34. The molecule has 58 valence electrons. The quantitative estimate of drug-likeness (QED) is 0.644. The monoisotopic (exact) mass is 168 g/mol. The summed E-state index contributed by atoms with van der Waals surface area (Å²) < 4.78 is 5.01. The van der Waals surface area contributed by atoms with Crippen LogP contribution in [-0.4, -0.2) is 6.47 Å². The van der Waals surface area contributed by atoms with Gasteiger partial charge in [-0.3, -0.25) is 4.79 Å². The highest BCUT2D eigenvalue weighted by Crippen LogP contribution is 2.50. The third-order valence-electron chi connectivity index (χ3n) is 1.95.